The third kappa shape index (κ3) is 4.55. The second-order valence-corrected chi connectivity index (χ2v) is 7.08. The molecule has 0 radical (unpaired) electrons. The van der Waals surface area contributed by atoms with E-state index in [0.717, 1.165) is 12.3 Å². The molecule has 1 aromatic rings. The van der Waals surface area contributed by atoms with Gasteiger partial charge in [-0.05, 0) is 24.3 Å². The highest BCUT2D eigenvalue weighted by atomic mass is 15.1. The molecule has 2 nitrogen and oxygen atoms in total. The van der Waals surface area contributed by atoms with Crippen molar-refractivity contribution >= 4 is 0 Å². The van der Waals surface area contributed by atoms with E-state index < -0.39 is 0 Å². The lowest BCUT2D eigenvalue weighted by Gasteiger charge is -2.23. The maximum Gasteiger partial charge on any atom is 0.0551 e. The van der Waals surface area contributed by atoms with Crippen molar-refractivity contribution in [2.75, 3.05) is 0 Å². The van der Waals surface area contributed by atoms with Crippen LogP contribution in [0.3, 0.4) is 0 Å². The van der Waals surface area contributed by atoms with E-state index in [1.165, 1.54) is 56.9 Å². The monoisotopic (exact) mass is 286 g/mol. The summed E-state index contributed by atoms with van der Waals surface area (Å²) in [6.45, 7) is 0. The SMILES string of the molecule is NC(CC1CCCCCCC1)N[C@@H]1C[C@H]1c1ccccc1. The Morgan fingerprint density at radius 3 is 2.38 bits per heavy atom. The van der Waals surface area contributed by atoms with E-state index in [1.54, 1.807) is 0 Å². The Bertz CT molecular complexity index is 409. The molecule has 1 aromatic carbocycles. The second kappa shape index (κ2) is 7.42. The van der Waals surface area contributed by atoms with Gasteiger partial charge in [0, 0.05) is 12.0 Å². The van der Waals surface area contributed by atoms with Crippen LogP contribution in [0.1, 0.15) is 69.3 Å². The van der Waals surface area contributed by atoms with E-state index in [4.69, 9.17) is 5.73 Å². The van der Waals surface area contributed by atoms with Gasteiger partial charge in [0.05, 0.1) is 6.17 Å². The fraction of sp³-hybridized carbons (Fsp3) is 0.684. The average Bonchev–Trinajstić information content (AvgIpc) is 3.22. The summed E-state index contributed by atoms with van der Waals surface area (Å²) in [6.07, 6.45) is 12.5. The Labute approximate surface area is 129 Å². The third-order valence-corrected chi connectivity index (χ3v) is 5.26. The standard InChI is InChI=1S/C19H30N2/c20-19(13-15-9-5-2-1-3-6-10-15)21-18-14-17(18)16-11-7-4-8-12-16/h4,7-8,11-12,15,17-19,21H,1-3,5-6,9-10,13-14,20H2/t17-,18+,19?/m0/s1. The molecule has 0 saturated heterocycles. The lowest BCUT2D eigenvalue weighted by Crippen LogP contribution is -2.41. The number of hydrogen-bond donors (Lipinski definition) is 2. The van der Waals surface area contributed by atoms with Crippen LogP contribution in [0.4, 0.5) is 0 Å². The Kier molecular flexibility index (Phi) is 5.32. The molecule has 2 aliphatic carbocycles. The van der Waals surface area contributed by atoms with E-state index in [9.17, 15) is 0 Å². The van der Waals surface area contributed by atoms with E-state index in [0.29, 0.717) is 12.0 Å². The zero-order valence-electron chi connectivity index (χ0n) is 13.1. The van der Waals surface area contributed by atoms with Crippen LogP contribution in [0.25, 0.3) is 0 Å². The molecule has 116 valence electrons. The zero-order valence-corrected chi connectivity index (χ0v) is 13.1. The molecule has 2 fully saturated rings. The van der Waals surface area contributed by atoms with Gasteiger partial charge in [-0.3, -0.25) is 5.32 Å². The van der Waals surface area contributed by atoms with E-state index in [-0.39, 0.29) is 6.17 Å². The van der Waals surface area contributed by atoms with Crippen LogP contribution in [0.5, 0.6) is 0 Å². The van der Waals surface area contributed by atoms with Crippen molar-refractivity contribution < 1.29 is 0 Å². The van der Waals surface area contributed by atoms with Gasteiger partial charge < -0.3 is 5.73 Å². The molecular formula is C19H30N2. The largest absolute Gasteiger partial charge is 0.316 e. The fourth-order valence-corrected chi connectivity index (χ4v) is 3.93. The van der Waals surface area contributed by atoms with Crippen LogP contribution >= 0.6 is 0 Å². The highest BCUT2D eigenvalue weighted by Crippen LogP contribution is 2.41. The summed E-state index contributed by atoms with van der Waals surface area (Å²) in [5.41, 5.74) is 7.83. The first-order valence-electron chi connectivity index (χ1n) is 8.89. The van der Waals surface area contributed by atoms with Crippen molar-refractivity contribution in [3.05, 3.63) is 35.9 Å². The van der Waals surface area contributed by atoms with Gasteiger partial charge in [0.25, 0.3) is 0 Å². The minimum Gasteiger partial charge on any atom is -0.316 e. The first-order valence-corrected chi connectivity index (χ1v) is 8.89. The predicted octanol–water partition coefficient (Wildman–Crippen LogP) is 4.17. The van der Waals surface area contributed by atoms with Crippen molar-refractivity contribution in [3.63, 3.8) is 0 Å². The minimum absolute atomic E-state index is 0.188. The third-order valence-electron chi connectivity index (χ3n) is 5.26. The summed E-state index contributed by atoms with van der Waals surface area (Å²) < 4.78 is 0. The smallest absolute Gasteiger partial charge is 0.0551 e. The first kappa shape index (κ1) is 15.1. The molecule has 3 N–H and O–H groups in total. The maximum atomic E-state index is 6.36. The molecular weight excluding hydrogens is 256 g/mol. The molecule has 0 bridgehead atoms. The molecule has 0 spiro atoms. The highest BCUT2D eigenvalue weighted by molar-refractivity contribution is 5.27. The second-order valence-electron chi connectivity index (χ2n) is 7.08. The molecule has 3 atom stereocenters. The van der Waals surface area contributed by atoms with Crippen LogP contribution in [-0.2, 0) is 0 Å². The Balaban J connectivity index is 1.41. The zero-order chi connectivity index (χ0) is 14.5. The summed E-state index contributed by atoms with van der Waals surface area (Å²) in [5.74, 6) is 1.54. The van der Waals surface area contributed by atoms with Gasteiger partial charge in [0.1, 0.15) is 0 Å². The molecule has 2 heteroatoms. The van der Waals surface area contributed by atoms with Gasteiger partial charge >= 0.3 is 0 Å². The van der Waals surface area contributed by atoms with Crippen molar-refractivity contribution in [1.29, 1.82) is 0 Å². The number of nitrogens with two attached hydrogens (primary N) is 1. The van der Waals surface area contributed by atoms with Crippen molar-refractivity contribution in [2.45, 2.75) is 75.9 Å². The van der Waals surface area contributed by atoms with Crippen LogP contribution in [0.2, 0.25) is 0 Å². The molecule has 2 saturated carbocycles. The van der Waals surface area contributed by atoms with E-state index in [2.05, 4.69) is 35.6 Å². The summed E-state index contributed by atoms with van der Waals surface area (Å²) in [5, 5.41) is 3.66. The number of hydrogen-bond acceptors (Lipinski definition) is 2. The predicted molar refractivity (Wildman–Crippen MR) is 89.1 cm³/mol. The maximum absolute atomic E-state index is 6.36. The summed E-state index contributed by atoms with van der Waals surface area (Å²) >= 11 is 0. The quantitative estimate of drug-likeness (QED) is 0.797. The molecule has 1 unspecified atom stereocenters. The molecule has 0 aromatic heterocycles. The number of nitrogens with one attached hydrogen (secondary N) is 1. The molecule has 2 aliphatic rings. The molecule has 0 heterocycles. The van der Waals surface area contributed by atoms with Crippen LogP contribution in [0, 0.1) is 5.92 Å². The lowest BCUT2D eigenvalue weighted by molar-refractivity contribution is 0.315. The van der Waals surface area contributed by atoms with Crippen LogP contribution in [0.15, 0.2) is 30.3 Å². The summed E-state index contributed by atoms with van der Waals surface area (Å²) in [7, 11) is 0. The molecule has 0 amide bonds. The Hall–Kier alpha value is -0.860. The van der Waals surface area contributed by atoms with Gasteiger partial charge in [-0.1, -0.05) is 75.3 Å². The van der Waals surface area contributed by atoms with Gasteiger partial charge in [-0.25, -0.2) is 0 Å². The average molecular weight is 286 g/mol. The van der Waals surface area contributed by atoms with Crippen LogP contribution < -0.4 is 11.1 Å². The van der Waals surface area contributed by atoms with Crippen molar-refractivity contribution in [1.82, 2.24) is 5.32 Å². The summed E-state index contributed by atoms with van der Waals surface area (Å²) in [4.78, 5) is 0. The molecule has 21 heavy (non-hydrogen) atoms. The fourth-order valence-electron chi connectivity index (χ4n) is 3.93. The van der Waals surface area contributed by atoms with Crippen molar-refractivity contribution in [2.24, 2.45) is 11.7 Å². The normalized spacial score (nSPS) is 28.6. The van der Waals surface area contributed by atoms with E-state index >= 15 is 0 Å². The van der Waals surface area contributed by atoms with Gasteiger partial charge in [0.2, 0.25) is 0 Å². The Morgan fingerprint density at radius 1 is 1.00 bits per heavy atom. The van der Waals surface area contributed by atoms with Gasteiger partial charge in [-0.15, -0.1) is 0 Å². The molecule has 3 rings (SSSR count). The minimum atomic E-state index is 0.188. The highest BCUT2D eigenvalue weighted by Gasteiger charge is 2.38. The summed E-state index contributed by atoms with van der Waals surface area (Å²) in [6, 6.07) is 11.5. The van der Waals surface area contributed by atoms with Gasteiger partial charge in [-0.2, -0.15) is 0 Å². The number of benzene rings is 1. The topological polar surface area (TPSA) is 38.0 Å². The number of rotatable bonds is 5. The Morgan fingerprint density at radius 2 is 1.67 bits per heavy atom. The first-order chi connectivity index (χ1) is 10.3. The van der Waals surface area contributed by atoms with Crippen molar-refractivity contribution in [3.8, 4) is 0 Å². The van der Waals surface area contributed by atoms with Crippen LogP contribution in [-0.4, -0.2) is 12.2 Å². The van der Waals surface area contributed by atoms with E-state index in [1.807, 2.05) is 0 Å². The molecule has 0 aliphatic heterocycles. The lowest BCUT2D eigenvalue weighted by atomic mass is 9.88. The van der Waals surface area contributed by atoms with Gasteiger partial charge in [0.15, 0.2) is 0 Å².